The second-order valence-electron chi connectivity index (χ2n) is 16.2. The Balaban J connectivity index is 1.09. The molecule has 0 fully saturated rings. The molecule has 0 saturated carbocycles. The Morgan fingerprint density at radius 3 is 1.42 bits per heavy atom. The summed E-state index contributed by atoms with van der Waals surface area (Å²) in [6.45, 7) is 9.67. The minimum Gasteiger partial charge on any atom is -0.310 e. The van der Waals surface area contributed by atoms with Gasteiger partial charge in [0.1, 0.15) is 0 Å². The summed E-state index contributed by atoms with van der Waals surface area (Å²) in [4.78, 5) is 2.41. The van der Waals surface area contributed by atoms with Crippen LogP contribution in [0.4, 0.5) is 17.1 Å². The Kier molecular flexibility index (Phi) is 6.14. The highest BCUT2D eigenvalue weighted by atomic mass is 15.1. The minimum absolute atomic E-state index is 0.131. The van der Waals surface area contributed by atoms with Gasteiger partial charge in [-0.1, -0.05) is 131 Å². The Morgan fingerprint density at radius 1 is 0.302 bits per heavy atom. The van der Waals surface area contributed by atoms with Crippen molar-refractivity contribution in [2.24, 2.45) is 0 Å². The van der Waals surface area contributed by atoms with Gasteiger partial charge in [0.25, 0.3) is 0 Å². The molecule has 0 N–H and O–H groups in total. The van der Waals surface area contributed by atoms with E-state index in [4.69, 9.17) is 0 Å². The molecular formula is C52H39N. The van der Waals surface area contributed by atoms with Crippen LogP contribution in [-0.4, -0.2) is 0 Å². The van der Waals surface area contributed by atoms with Crippen LogP contribution in [0.5, 0.6) is 0 Å². The number of benzene rings is 9. The Morgan fingerprint density at radius 2 is 0.755 bits per heavy atom. The summed E-state index contributed by atoms with van der Waals surface area (Å²) in [6, 6.07) is 61.3. The average molecular weight is 678 g/mol. The summed E-state index contributed by atoms with van der Waals surface area (Å²) in [5, 5.41) is 10.5. The maximum Gasteiger partial charge on any atom is 0.0468 e. The zero-order valence-corrected chi connectivity index (χ0v) is 30.5. The molecule has 9 aromatic rings. The smallest absolute Gasteiger partial charge is 0.0468 e. The third-order valence-corrected chi connectivity index (χ3v) is 12.6. The fourth-order valence-corrected chi connectivity index (χ4v) is 9.82. The molecule has 53 heavy (non-hydrogen) atoms. The first kappa shape index (κ1) is 30.4. The maximum absolute atomic E-state index is 2.55. The summed E-state index contributed by atoms with van der Waals surface area (Å²) < 4.78 is 0. The standard InChI is InChI=1S/C52H39N/c1-51(2)47-27-36(53(34-16-6-5-7-17-34)35-23-22-32-14-8-9-15-33(32)26-35)24-25-41(47)45-30-50-46(31-49(45)51)44-28-42-39-20-12-10-18-37(39)38-19-11-13-21-40(38)43(42)29-48(44)52(50,3)4/h5-31H,1-4H3. The number of para-hydroxylation sites is 1. The van der Waals surface area contributed by atoms with Crippen molar-refractivity contribution in [2.75, 3.05) is 4.90 Å². The highest BCUT2D eigenvalue weighted by Crippen LogP contribution is 2.58. The first-order valence-electron chi connectivity index (χ1n) is 18.8. The zero-order valence-electron chi connectivity index (χ0n) is 30.5. The molecule has 0 spiro atoms. The first-order valence-corrected chi connectivity index (χ1v) is 18.8. The average Bonchev–Trinajstić information content (AvgIpc) is 3.55. The fraction of sp³-hybridized carbons (Fsp3) is 0.115. The molecule has 0 aromatic heterocycles. The summed E-state index contributed by atoms with van der Waals surface area (Å²) in [7, 11) is 0. The third kappa shape index (κ3) is 4.20. The van der Waals surface area contributed by atoms with Crippen molar-refractivity contribution in [3.05, 3.63) is 186 Å². The molecule has 0 radical (unpaired) electrons. The van der Waals surface area contributed by atoms with Crippen molar-refractivity contribution in [3.63, 3.8) is 0 Å². The van der Waals surface area contributed by atoms with Crippen LogP contribution in [-0.2, 0) is 10.8 Å². The van der Waals surface area contributed by atoms with Gasteiger partial charge in [-0.15, -0.1) is 0 Å². The lowest BCUT2D eigenvalue weighted by atomic mass is 9.79. The van der Waals surface area contributed by atoms with Crippen LogP contribution in [0.15, 0.2) is 164 Å². The number of hydrogen-bond acceptors (Lipinski definition) is 1. The highest BCUT2D eigenvalue weighted by molar-refractivity contribution is 6.26. The molecule has 2 aliphatic rings. The molecule has 0 atom stereocenters. The highest BCUT2D eigenvalue weighted by Gasteiger charge is 2.42. The molecule has 0 saturated heterocycles. The fourth-order valence-electron chi connectivity index (χ4n) is 9.82. The second kappa shape index (κ2) is 10.7. The van der Waals surface area contributed by atoms with Crippen molar-refractivity contribution in [3.8, 4) is 22.3 Å². The predicted octanol–water partition coefficient (Wildman–Crippen LogP) is 14.4. The molecular weight excluding hydrogens is 639 g/mol. The van der Waals surface area contributed by atoms with Gasteiger partial charge in [0.2, 0.25) is 0 Å². The van der Waals surface area contributed by atoms with E-state index in [1.54, 1.807) is 0 Å². The SMILES string of the molecule is CC1(C)c2cc(N(c3ccccc3)c3ccc4ccccc4c3)ccc2-c2cc3c(cc21)-c1cc2c4ccccc4c4ccccc4c2cc1C3(C)C. The molecule has 0 bridgehead atoms. The van der Waals surface area contributed by atoms with Gasteiger partial charge >= 0.3 is 0 Å². The van der Waals surface area contributed by atoms with Crippen LogP contribution in [0.3, 0.4) is 0 Å². The normalized spacial score (nSPS) is 14.7. The molecule has 0 heterocycles. The van der Waals surface area contributed by atoms with Crippen LogP contribution in [0, 0.1) is 0 Å². The number of hydrogen-bond donors (Lipinski definition) is 0. The van der Waals surface area contributed by atoms with Crippen molar-refractivity contribution in [2.45, 2.75) is 38.5 Å². The minimum atomic E-state index is -0.173. The maximum atomic E-state index is 2.55. The van der Waals surface area contributed by atoms with Gasteiger partial charge < -0.3 is 4.90 Å². The van der Waals surface area contributed by atoms with E-state index >= 15 is 0 Å². The van der Waals surface area contributed by atoms with Gasteiger partial charge in [0, 0.05) is 27.9 Å². The monoisotopic (exact) mass is 677 g/mol. The van der Waals surface area contributed by atoms with E-state index in [0.717, 1.165) is 11.4 Å². The summed E-state index contributed by atoms with van der Waals surface area (Å²) in [5.74, 6) is 0. The summed E-state index contributed by atoms with van der Waals surface area (Å²) in [6.07, 6.45) is 0. The zero-order chi connectivity index (χ0) is 35.6. The van der Waals surface area contributed by atoms with Crippen LogP contribution in [0.2, 0.25) is 0 Å². The van der Waals surface area contributed by atoms with Gasteiger partial charge in [0.05, 0.1) is 0 Å². The van der Waals surface area contributed by atoms with Crippen LogP contribution in [0.1, 0.15) is 49.9 Å². The van der Waals surface area contributed by atoms with Gasteiger partial charge in [0.15, 0.2) is 0 Å². The van der Waals surface area contributed by atoms with E-state index in [-0.39, 0.29) is 10.8 Å². The van der Waals surface area contributed by atoms with Crippen molar-refractivity contribution >= 4 is 60.2 Å². The lowest BCUT2D eigenvalue weighted by molar-refractivity contribution is 0.652. The summed E-state index contributed by atoms with van der Waals surface area (Å²) in [5.41, 5.74) is 14.3. The Labute approximate surface area is 310 Å². The summed E-state index contributed by atoms with van der Waals surface area (Å²) >= 11 is 0. The molecule has 0 aliphatic heterocycles. The molecule has 0 amide bonds. The van der Waals surface area contributed by atoms with E-state index in [0.29, 0.717) is 0 Å². The van der Waals surface area contributed by atoms with Gasteiger partial charge in [-0.3, -0.25) is 0 Å². The molecule has 1 nitrogen and oxygen atoms in total. The van der Waals surface area contributed by atoms with E-state index in [9.17, 15) is 0 Å². The van der Waals surface area contributed by atoms with E-state index in [1.165, 1.54) is 93.3 Å². The first-order chi connectivity index (χ1) is 25.8. The van der Waals surface area contributed by atoms with Crippen LogP contribution >= 0.6 is 0 Å². The van der Waals surface area contributed by atoms with E-state index in [2.05, 4.69) is 196 Å². The molecule has 1 heteroatoms. The molecule has 11 rings (SSSR count). The van der Waals surface area contributed by atoms with Gasteiger partial charge in [-0.05, 0) is 148 Å². The van der Waals surface area contributed by atoms with Gasteiger partial charge in [-0.2, -0.15) is 0 Å². The Bertz CT molecular complexity index is 3000. The van der Waals surface area contributed by atoms with Crippen molar-refractivity contribution in [1.29, 1.82) is 0 Å². The van der Waals surface area contributed by atoms with E-state index < -0.39 is 0 Å². The van der Waals surface area contributed by atoms with Crippen molar-refractivity contribution < 1.29 is 0 Å². The second-order valence-corrected chi connectivity index (χ2v) is 16.2. The Hall–Kier alpha value is -6.18. The molecule has 252 valence electrons. The number of rotatable bonds is 3. The quantitative estimate of drug-likeness (QED) is 0.168. The van der Waals surface area contributed by atoms with Crippen LogP contribution in [0.25, 0.3) is 65.3 Å². The lowest BCUT2D eigenvalue weighted by Gasteiger charge is -2.28. The molecule has 2 aliphatic carbocycles. The largest absolute Gasteiger partial charge is 0.310 e. The lowest BCUT2D eigenvalue weighted by Crippen LogP contribution is -2.17. The molecule has 9 aromatic carbocycles. The van der Waals surface area contributed by atoms with Crippen molar-refractivity contribution in [1.82, 2.24) is 0 Å². The third-order valence-electron chi connectivity index (χ3n) is 12.6. The van der Waals surface area contributed by atoms with Gasteiger partial charge in [-0.25, -0.2) is 0 Å². The number of nitrogens with zero attached hydrogens (tertiary/aromatic N) is 1. The predicted molar refractivity (Wildman–Crippen MR) is 226 cm³/mol. The van der Waals surface area contributed by atoms with Crippen LogP contribution < -0.4 is 4.90 Å². The number of fused-ring (bicyclic) bond motifs is 13. The molecule has 0 unspecified atom stereocenters. The van der Waals surface area contributed by atoms with E-state index in [1.807, 2.05) is 0 Å². The topological polar surface area (TPSA) is 3.24 Å². The number of anilines is 3.